The summed E-state index contributed by atoms with van der Waals surface area (Å²) in [4.78, 5) is 16.6. The van der Waals surface area contributed by atoms with E-state index in [0.717, 1.165) is 17.1 Å². The predicted octanol–water partition coefficient (Wildman–Crippen LogP) is 2.62. The van der Waals surface area contributed by atoms with Gasteiger partial charge in [-0.2, -0.15) is 16.1 Å². The molecule has 25 heavy (non-hydrogen) atoms. The van der Waals surface area contributed by atoms with Crippen LogP contribution in [0.15, 0.2) is 40.7 Å². The smallest absolute Gasteiger partial charge is 0.243 e. The van der Waals surface area contributed by atoms with Crippen LogP contribution in [0.2, 0.25) is 0 Å². The molecule has 2 heterocycles. The molecule has 0 radical (unpaired) electrons. The Morgan fingerprint density at radius 1 is 1.24 bits per heavy atom. The number of amides is 1. The van der Waals surface area contributed by atoms with Crippen LogP contribution in [-0.2, 0) is 14.8 Å². The highest BCUT2D eigenvalue weighted by Crippen LogP contribution is 2.24. The minimum absolute atomic E-state index is 0.168. The fourth-order valence-corrected chi connectivity index (χ4v) is 5.62. The van der Waals surface area contributed by atoms with E-state index >= 15 is 0 Å². The molecule has 3 rings (SSSR count). The van der Waals surface area contributed by atoms with Crippen LogP contribution in [-0.4, -0.2) is 48.2 Å². The lowest BCUT2D eigenvalue weighted by atomic mass is 10.0. The summed E-state index contributed by atoms with van der Waals surface area (Å²) in [6, 6.07) is 6.58. The lowest BCUT2D eigenvalue weighted by Crippen LogP contribution is -2.37. The molecule has 1 aromatic carbocycles. The van der Waals surface area contributed by atoms with Gasteiger partial charge in [0.2, 0.25) is 15.9 Å². The quantitative estimate of drug-likeness (QED) is 0.839. The first-order valence-electron chi connectivity index (χ1n) is 7.86. The van der Waals surface area contributed by atoms with Crippen LogP contribution >= 0.6 is 23.1 Å². The van der Waals surface area contributed by atoms with Crippen molar-refractivity contribution < 1.29 is 13.2 Å². The van der Waals surface area contributed by atoms with Crippen LogP contribution in [0, 0.1) is 0 Å². The number of thiazole rings is 1. The van der Waals surface area contributed by atoms with Crippen molar-refractivity contribution in [1.29, 1.82) is 0 Å². The SMILES string of the molecule is CC(C(=O)Nc1nccs1)c1ccc(S(=O)(=O)N2CCSCC2)cc1. The number of carbonyl (C=O) groups excluding carboxylic acids is 1. The number of aromatic nitrogens is 1. The Morgan fingerprint density at radius 3 is 2.52 bits per heavy atom. The van der Waals surface area contributed by atoms with Crippen LogP contribution in [0.4, 0.5) is 5.13 Å². The number of anilines is 1. The van der Waals surface area contributed by atoms with Gasteiger partial charge in [0, 0.05) is 36.2 Å². The molecule has 0 bridgehead atoms. The molecular weight excluding hydrogens is 378 g/mol. The molecule has 6 nitrogen and oxygen atoms in total. The summed E-state index contributed by atoms with van der Waals surface area (Å²) in [7, 11) is -3.45. The van der Waals surface area contributed by atoms with Crippen LogP contribution in [0.25, 0.3) is 0 Å². The molecule has 0 saturated carbocycles. The van der Waals surface area contributed by atoms with E-state index in [9.17, 15) is 13.2 Å². The molecule has 134 valence electrons. The normalized spacial score (nSPS) is 17.2. The molecule has 1 fully saturated rings. The second-order valence-electron chi connectivity index (χ2n) is 5.63. The lowest BCUT2D eigenvalue weighted by molar-refractivity contribution is -0.117. The van der Waals surface area contributed by atoms with Crippen LogP contribution in [0.3, 0.4) is 0 Å². The van der Waals surface area contributed by atoms with Gasteiger partial charge in [-0.25, -0.2) is 13.4 Å². The Labute approximate surface area is 155 Å². The number of hydrogen-bond acceptors (Lipinski definition) is 6. The minimum atomic E-state index is -3.45. The van der Waals surface area contributed by atoms with E-state index in [-0.39, 0.29) is 10.8 Å². The molecule has 1 aliphatic rings. The fraction of sp³-hybridized carbons (Fsp3) is 0.375. The fourth-order valence-electron chi connectivity index (χ4n) is 2.51. The molecule has 0 spiro atoms. The molecular formula is C16H19N3O3S3. The molecule has 9 heteroatoms. The van der Waals surface area contributed by atoms with Crippen molar-refractivity contribution in [1.82, 2.24) is 9.29 Å². The zero-order valence-corrected chi connectivity index (χ0v) is 16.2. The lowest BCUT2D eigenvalue weighted by Gasteiger charge is -2.25. The maximum atomic E-state index is 12.6. The van der Waals surface area contributed by atoms with Crippen molar-refractivity contribution in [3.05, 3.63) is 41.4 Å². The van der Waals surface area contributed by atoms with Gasteiger partial charge in [0.1, 0.15) is 0 Å². The summed E-state index contributed by atoms with van der Waals surface area (Å²) in [5.41, 5.74) is 0.766. The second kappa shape index (κ2) is 7.86. The Hall–Kier alpha value is -1.42. The first kappa shape index (κ1) is 18.4. The van der Waals surface area contributed by atoms with E-state index in [0.29, 0.717) is 18.2 Å². The molecule has 1 N–H and O–H groups in total. The van der Waals surface area contributed by atoms with Gasteiger partial charge in [-0.15, -0.1) is 11.3 Å². The van der Waals surface area contributed by atoms with E-state index in [1.165, 1.54) is 15.6 Å². The Balaban J connectivity index is 1.71. The number of thioether (sulfide) groups is 1. The van der Waals surface area contributed by atoms with Crippen molar-refractivity contribution >= 4 is 44.2 Å². The molecule has 2 aromatic rings. The predicted molar refractivity (Wildman–Crippen MR) is 102 cm³/mol. The van der Waals surface area contributed by atoms with Crippen LogP contribution in [0.1, 0.15) is 18.4 Å². The summed E-state index contributed by atoms with van der Waals surface area (Å²) in [6.07, 6.45) is 1.63. The Morgan fingerprint density at radius 2 is 1.92 bits per heavy atom. The van der Waals surface area contributed by atoms with Crippen molar-refractivity contribution in [2.24, 2.45) is 0 Å². The molecule has 1 aromatic heterocycles. The Kier molecular flexibility index (Phi) is 5.78. The topological polar surface area (TPSA) is 79.4 Å². The van der Waals surface area contributed by atoms with Gasteiger partial charge in [-0.1, -0.05) is 12.1 Å². The first-order chi connectivity index (χ1) is 12.0. The number of rotatable bonds is 5. The number of nitrogens with zero attached hydrogens (tertiary/aromatic N) is 2. The molecule has 1 amide bonds. The van der Waals surface area contributed by atoms with Gasteiger partial charge in [0.25, 0.3) is 0 Å². The zero-order chi connectivity index (χ0) is 17.9. The highest BCUT2D eigenvalue weighted by molar-refractivity contribution is 7.99. The average molecular weight is 398 g/mol. The zero-order valence-electron chi connectivity index (χ0n) is 13.7. The number of hydrogen-bond donors (Lipinski definition) is 1. The second-order valence-corrected chi connectivity index (χ2v) is 9.69. The largest absolute Gasteiger partial charge is 0.301 e. The van der Waals surface area contributed by atoms with Gasteiger partial charge in [-0.3, -0.25) is 4.79 Å². The third kappa shape index (κ3) is 4.22. The number of carbonyl (C=O) groups is 1. The molecule has 1 aliphatic heterocycles. The number of sulfonamides is 1. The maximum absolute atomic E-state index is 12.6. The average Bonchev–Trinajstić information content (AvgIpc) is 3.15. The molecule has 0 aliphatic carbocycles. The number of benzene rings is 1. The molecule has 1 unspecified atom stereocenters. The summed E-state index contributed by atoms with van der Waals surface area (Å²) in [6.45, 7) is 2.87. The van der Waals surface area contributed by atoms with Crippen molar-refractivity contribution in [3.8, 4) is 0 Å². The minimum Gasteiger partial charge on any atom is -0.301 e. The van der Waals surface area contributed by atoms with Crippen LogP contribution in [0.5, 0.6) is 0 Å². The standard InChI is InChI=1S/C16H19N3O3S3/c1-12(15(20)18-16-17-6-9-24-16)13-2-4-14(5-3-13)25(21,22)19-7-10-23-11-8-19/h2-6,9,12H,7-8,10-11H2,1H3,(H,17,18,20). The van der Waals surface area contributed by atoms with E-state index in [2.05, 4.69) is 10.3 Å². The summed E-state index contributed by atoms with van der Waals surface area (Å²) >= 11 is 3.12. The molecule has 1 saturated heterocycles. The third-order valence-electron chi connectivity index (χ3n) is 4.04. The van der Waals surface area contributed by atoms with E-state index < -0.39 is 15.9 Å². The first-order valence-corrected chi connectivity index (χ1v) is 11.3. The van der Waals surface area contributed by atoms with E-state index in [1.54, 1.807) is 54.5 Å². The van der Waals surface area contributed by atoms with Crippen LogP contribution < -0.4 is 5.32 Å². The highest BCUT2D eigenvalue weighted by Gasteiger charge is 2.26. The summed E-state index contributed by atoms with van der Waals surface area (Å²) < 4.78 is 26.8. The van der Waals surface area contributed by atoms with Crippen molar-refractivity contribution in [2.75, 3.05) is 29.9 Å². The van der Waals surface area contributed by atoms with Gasteiger partial charge >= 0.3 is 0 Å². The van der Waals surface area contributed by atoms with E-state index in [1.807, 2.05) is 0 Å². The van der Waals surface area contributed by atoms with Crippen molar-refractivity contribution in [2.45, 2.75) is 17.7 Å². The van der Waals surface area contributed by atoms with Gasteiger partial charge < -0.3 is 5.32 Å². The summed E-state index contributed by atoms with van der Waals surface area (Å²) in [5.74, 6) is 1.09. The molecule has 1 atom stereocenters. The monoisotopic (exact) mass is 397 g/mol. The van der Waals surface area contributed by atoms with Gasteiger partial charge in [0.15, 0.2) is 5.13 Å². The van der Waals surface area contributed by atoms with Crippen molar-refractivity contribution in [3.63, 3.8) is 0 Å². The van der Waals surface area contributed by atoms with E-state index in [4.69, 9.17) is 0 Å². The van der Waals surface area contributed by atoms with Gasteiger partial charge in [0.05, 0.1) is 10.8 Å². The highest BCUT2D eigenvalue weighted by atomic mass is 32.2. The summed E-state index contributed by atoms with van der Waals surface area (Å²) in [5, 5.41) is 5.10. The van der Waals surface area contributed by atoms with Gasteiger partial charge in [-0.05, 0) is 24.6 Å². The maximum Gasteiger partial charge on any atom is 0.243 e. The Bertz CT molecular complexity index is 814. The third-order valence-corrected chi connectivity index (χ3v) is 7.59. The number of nitrogens with one attached hydrogen (secondary N) is 1.